The molecular weight excluding hydrogens is 521 g/mol. The van der Waals surface area contributed by atoms with Crippen molar-refractivity contribution in [1.29, 1.82) is 0 Å². The zero-order valence-electron chi connectivity index (χ0n) is 21.6. The second-order valence-corrected chi connectivity index (χ2v) is 10.6. The molecule has 0 aliphatic heterocycles. The molecule has 1 heterocycles. The molecule has 196 valence electrons. The maximum absolute atomic E-state index is 12.2. The number of benzene rings is 3. The van der Waals surface area contributed by atoms with E-state index in [1.54, 1.807) is 18.2 Å². The number of aromatic nitrogens is 1. The monoisotopic (exact) mass is 549 g/mol. The molecule has 5 nitrogen and oxygen atoms in total. The lowest BCUT2D eigenvalue weighted by Crippen LogP contribution is -2.19. The van der Waals surface area contributed by atoms with Gasteiger partial charge in [0.15, 0.2) is 0 Å². The highest BCUT2D eigenvalue weighted by Crippen LogP contribution is 2.39. The summed E-state index contributed by atoms with van der Waals surface area (Å²) >= 11 is 12.9. The summed E-state index contributed by atoms with van der Waals surface area (Å²) in [6.45, 7) is 4.35. The number of fused-ring (bicyclic) bond motifs is 1. The fourth-order valence-electron chi connectivity index (χ4n) is 5.12. The van der Waals surface area contributed by atoms with Crippen LogP contribution >= 0.6 is 23.2 Å². The van der Waals surface area contributed by atoms with Gasteiger partial charge < -0.3 is 14.0 Å². The van der Waals surface area contributed by atoms with Crippen LogP contribution in [0.1, 0.15) is 61.0 Å². The number of ether oxygens (including phenoxy) is 2. The van der Waals surface area contributed by atoms with E-state index in [4.69, 9.17) is 37.2 Å². The second kappa shape index (κ2) is 11.2. The minimum absolute atomic E-state index is 0.112. The van der Waals surface area contributed by atoms with Gasteiger partial charge in [0.1, 0.15) is 23.8 Å². The number of halogens is 2. The highest BCUT2D eigenvalue weighted by molar-refractivity contribution is 6.39. The Morgan fingerprint density at radius 3 is 2.45 bits per heavy atom. The second-order valence-electron chi connectivity index (χ2n) is 9.82. The average Bonchev–Trinajstić information content (AvgIpc) is 3.34. The number of rotatable bonds is 7. The summed E-state index contributed by atoms with van der Waals surface area (Å²) in [5.41, 5.74) is 6.55. The molecule has 38 heavy (non-hydrogen) atoms. The molecule has 0 fully saturated rings. The first-order valence-corrected chi connectivity index (χ1v) is 13.5. The summed E-state index contributed by atoms with van der Waals surface area (Å²) < 4.78 is 16.9. The molecule has 0 amide bonds. The molecule has 1 aliphatic carbocycles. The summed E-state index contributed by atoms with van der Waals surface area (Å²) in [6.07, 6.45) is 2.78. The number of carbonyl (C=O) groups excluding carboxylic acids is 1. The fraction of sp³-hybridized carbons (Fsp3) is 0.290. The van der Waals surface area contributed by atoms with Crippen LogP contribution in [0.2, 0.25) is 10.0 Å². The van der Waals surface area contributed by atoms with Crippen molar-refractivity contribution in [2.75, 3.05) is 7.11 Å². The summed E-state index contributed by atoms with van der Waals surface area (Å²) in [7, 11) is 1.45. The van der Waals surface area contributed by atoms with Gasteiger partial charge in [0.2, 0.25) is 0 Å². The van der Waals surface area contributed by atoms with Crippen LogP contribution in [0.5, 0.6) is 5.75 Å². The Labute approximate surface area is 232 Å². The van der Waals surface area contributed by atoms with Gasteiger partial charge in [-0.3, -0.25) is 4.79 Å². The Morgan fingerprint density at radius 1 is 1.05 bits per heavy atom. The lowest BCUT2D eigenvalue weighted by atomic mass is 9.81. The van der Waals surface area contributed by atoms with Crippen LogP contribution in [-0.2, 0) is 22.6 Å². The quantitative estimate of drug-likeness (QED) is 0.216. The van der Waals surface area contributed by atoms with Gasteiger partial charge in [-0.25, -0.2) is 0 Å². The molecule has 1 aromatic heterocycles. The molecule has 0 radical (unpaired) electrons. The number of carbonyl (C=O) groups is 1. The lowest BCUT2D eigenvalue weighted by Gasteiger charge is -2.24. The zero-order valence-corrected chi connectivity index (χ0v) is 23.1. The largest absolute Gasteiger partial charge is 0.489 e. The van der Waals surface area contributed by atoms with Crippen LogP contribution in [0, 0.1) is 0 Å². The van der Waals surface area contributed by atoms with E-state index in [0.717, 1.165) is 53.0 Å². The first-order valence-electron chi connectivity index (χ1n) is 12.7. The van der Waals surface area contributed by atoms with E-state index in [0.29, 0.717) is 21.3 Å². The van der Waals surface area contributed by atoms with E-state index in [1.807, 2.05) is 38.1 Å². The standard InChI is InChI=1S/C31H29Cl2NO4/c1-18(2)30-25(29(34-38-30)28-26(32)8-5-9-27(28)33)17-37-22-13-10-19(11-14-22)20-12-15-23-21(16-20)6-4-7-24(23)31(35)36-3/h5,8-16,18,24H,4,6-7,17H2,1-3H3. The van der Waals surface area contributed by atoms with Gasteiger partial charge in [-0.1, -0.05) is 78.6 Å². The third-order valence-electron chi connectivity index (χ3n) is 7.06. The molecule has 7 heteroatoms. The SMILES string of the molecule is COC(=O)C1CCCc2cc(-c3ccc(OCc4c(-c5c(Cl)cccc5Cl)noc4C(C)C)cc3)ccc21. The van der Waals surface area contributed by atoms with Gasteiger partial charge in [0.05, 0.1) is 28.6 Å². The topological polar surface area (TPSA) is 61.6 Å². The van der Waals surface area contributed by atoms with Crippen molar-refractivity contribution in [2.45, 2.75) is 51.6 Å². The summed E-state index contributed by atoms with van der Waals surface area (Å²) in [4.78, 5) is 12.2. The van der Waals surface area contributed by atoms with Gasteiger partial charge in [0.25, 0.3) is 0 Å². The Morgan fingerprint density at radius 2 is 1.76 bits per heavy atom. The Hall–Kier alpha value is -3.28. The van der Waals surface area contributed by atoms with Gasteiger partial charge >= 0.3 is 5.97 Å². The minimum atomic E-state index is -0.174. The van der Waals surface area contributed by atoms with E-state index in [-0.39, 0.29) is 24.4 Å². The molecular formula is C31H29Cl2NO4. The van der Waals surface area contributed by atoms with E-state index < -0.39 is 0 Å². The molecule has 1 aliphatic rings. The van der Waals surface area contributed by atoms with Crippen LogP contribution in [0.3, 0.4) is 0 Å². The lowest BCUT2D eigenvalue weighted by molar-refractivity contribution is -0.142. The Balaban J connectivity index is 1.36. The maximum Gasteiger partial charge on any atom is 0.313 e. The molecule has 0 saturated heterocycles. The summed E-state index contributed by atoms with van der Waals surface area (Å²) in [6, 6.07) is 19.7. The molecule has 0 N–H and O–H groups in total. The predicted octanol–water partition coefficient (Wildman–Crippen LogP) is 8.61. The first-order chi connectivity index (χ1) is 18.4. The average molecular weight is 550 g/mol. The number of methoxy groups -OCH3 is 1. The summed E-state index contributed by atoms with van der Waals surface area (Å²) in [5, 5.41) is 5.32. The van der Waals surface area contributed by atoms with Crippen LogP contribution in [-0.4, -0.2) is 18.2 Å². The predicted molar refractivity (Wildman–Crippen MR) is 150 cm³/mol. The van der Waals surface area contributed by atoms with Gasteiger partial charge in [-0.05, 0) is 65.8 Å². The van der Waals surface area contributed by atoms with Crippen molar-refractivity contribution in [3.8, 4) is 28.1 Å². The van der Waals surface area contributed by atoms with Crippen molar-refractivity contribution < 1.29 is 18.8 Å². The van der Waals surface area contributed by atoms with Crippen LogP contribution in [0.4, 0.5) is 0 Å². The molecule has 3 aromatic carbocycles. The highest BCUT2D eigenvalue weighted by Gasteiger charge is 2.27. The minimum Gasteiger partial charge on any atom is -0.489 e. The van der Waals surface area contributed by atoms with Crippen molar-refractivity contribution in [1.82, 2.24) is 5.16 Å². The zero-order chi connectivity index (χ0) is 26.8. The Kier molecular flexibility index (Phi) is 7.78. The van der Waals surface area contributed by atoms with Crippen LogP contribution in [0.15, 0.2) is 65.2 Å². The van der Waals surface area contributed by atoms with E-state index in [2.05, 4.69) is 23.4 Å². The van der Waals surface area contributed by atoms with Crippen molar-refractivity contribution >= 4 is 29.2 Å². The fourth-order valence-corrected chi connectivity index (χ4v) is 5.69. The third-order valence-corrected chi connectivity index (χ3v) is 7.69. The van der Waals surface area contributed by atoms with Gasteiger partial charge in [-0.2, -0.15) is 0 Å². The van der Waals surface area contributed by atoms with Crippen molar-refractivity contribution in [3.05, 3.63) is 93.2 Å². The third kappa shape index (κ3) is 5.18. The van der Waals surface area contributed by atoms with E-state index in [9.17, 15) is 4.79 Å². The van der Waals surface area contributed by atoms with Crippen LogP contribution in [0.25, 0.3) is 22.4 Å². The van der Waals surface area contributed by atoms with Crippen molar-refractivity contribution in [3.63, 3.8) is 0 Å². The van der Waals surface area contributed by atoms with Crippen LogP contribution < -0.4 is 4.74 Å². The maximum atomic E-state index is 12.2. The first kappa shape index (κ1) is 26.3. The van der Waals surface area contributed by atoms with Crippen molar-refractivity contribution in [2.24, 2.45) is 0 Å². The number of nitrogens with zero attached hydrogens (tertiary/aromatic N) is 1. The Bertz CT molecular complexity index is 1440. The molecule has 0 spiro atoms. The number of aryl methyl sites for hydroxylation is 1. The van der Waals surface area contributed by atoms with Gasteiger partial charge in [0, 0.05) is 11.5 Å². The molecule has 0 saturated carbocycles. The van der Waals surface area contributed by atoms with Gasteiger partial charge in [-0.15, -0.1) is 0 Å². The normalized spacial score (nSPS) is 14.8. The summed E-state index contributed by atoms with van der Waals surface area (Å²) in [5.74, 6) is 1.25. The highest BCUT2D eigenvalue weighted by atomic mass is 35.5. The molecule has 4 aromatic rings. The number of esters is 1. The smallest absolute Gasteiger partial charge is 0.313 e. The molecule has 1 atom stereocenters. The number of hydrogen-bond donors (Lipinski definition) is 0. The van der Waals surface area contributed by atoms with E-state index in [1.165, 1.54) is 12.7 Å². The number of hydrogen-bond acceptors (Lipinski definition) is 5. The van der Waals surface area contributed by atoms with E-state index >= 15 is 0 Å². The molecule has 5 rings (SSSR count). The molecule has 1 unspecified atom stereocenters. The molecule has 0 bridgehead atoms.